The Morgan fingerprint density at radius 3 is 2.86 bits per heavy atom. The molecule has 0 radical (unpaired) electrons. The van der Waals surface area contributed by atoms with Crippen molar-refractivity contribution in [3.05, 3.63) is 48.6 Å². The van der Waals surface area contributed by atoms with Gasteiger partial charge in [-0.2, -0.15) is 18.3 Å². The van der Waals surface area contributed by atoms with Gasteiger partial charge in [-0.05, 0) is 18.2 Å². The fourth-order valence-corrected chi connectivity index (χ4v) is 1.47. The molecule has 110 valence electrons. The maximum absolute atomic E-state index is 11.9. The lowest BCUT2D eigenvalue weighted by Crippen LogP contribution is -2.32. The number of nitrogens with zero attached hydrogens (tertiary/aromatic N) is 3. The van der Waals surface area contributed by atoms with Crippen molar-refractivity contribution in [2.45, 2.75) is 6.18 Å². The summed E-state index contributed by atoms with van der Waals surface area (Å²) in [5.41, 5.74) is 1.32. The second-order valence-corrected chi connectivity index (χ2v) is 4.10. The first-order valence-electron chi connectivity index (χ1n) is 5.92. The molecule has 1 N–H and O–H groups in total. The second-order valence-electron chi connectivity index (χ2n) is 4.10. The topological polar surface area (TPSA) is 59.8 Å². The monoisotopic (exact) mass is 296 g/mol. The zero-order valence-corrected chi connectivity index (χ0v) is 10.7. The van der Waals surface area contributed by atoms with Crippen LogP contribution in [0, 0.1) is 0 Å². The number of amides is 1. The van der Waals surface area contributed by atoms with Gasteiger partial charge in [0, 0.05) is 24.0 Å². The number of hydrogen-bond donors (Lipinski definition) is 1. The third-order valence-electron chi connectivity index (χ3n) is 2.40. The van der Waals surface area contributed by atoms with Gasteiger partial charge in [0.2, 0.25) is 5.91 Å². The molecule has 2 aromatic rings. The lowest BCUT2D eigenvalue weighted by molar-refractivity contribution is -0.135. The van der Waals surface area contributed by atoms with Crippen LogP contribution in [-0.4, -0.2) is 33.4 Å². The molecule has 0 saturated heterocycles. The summed E-state index contributed by atoms with van der Waals surface area (Å²) in [6.45, 7) is -1.36. The average Bonchev–Trinajstić information content (AvgIpc) is 2.92. The molecule has 0 spiro atoms. The lowest BCUT2D eigenvalue weighted by atomic mass is 10.3. The van der Waals surface area contributed by atoms with Crippen molar-refractivity contribution < 1.29 is 18.0 Å². The van der Waals surface area contributed by atoms with E-state index >= 15 is 0 Å². The molecule has 5 nitrogen and oxygen atoms in total. The van der Waals surface area contributed by atoms with Crippen LogP contribution in [0.3, 0.4) is 0 Å². The van der Waals surface area contributed by atoms with Crippen molar-refractivity contribution in [1.29, 1.82) is 0 Å². The van der Waals surface area contributed by atoms with Gasteiger partial charge in [-0.25, -0.2) is 4.68 Å². The largest absolute Gasteiger partial charge is 0.405 e. The van der Waals surface area contributed by atoms with Crippen molar-refractivity contribution >= 4 is 12.0 Å². The fraction of sp³-hybridized carbons (Fsp3) is 0.154. The molecular weight excluding hydrogens is 285 g/mol. The summed E-state index contributed by atoms with van der Waals surface area (Å²) in [5, 5.41) is 5.81. The Labute approximate surface area is 118 Å². The Kier molecular flexibility index (Phi) is 4.36. The Morgan fingerprint density at radius 2 is 2.19 bits per heavy atom. The Bertz CT molecular complexity index is 634. The van der Waals surface area contributed by atoms with Crippen molar-refractivity contribution in [1.82, 2.24) is 20.1 Å². The van der Waals surface area contributed by atoms with Crippen molar-refractivity contribution in [2.75, 3.05) is 6.54 Å². The molecule has 0 fully saturated rings. The number of alkyl halides is 3. The standard InChI is InChI=1S/C13H11F3N4O/c14-13(15,16)9-18-12(21)4-3-10-6-19-20(8-10)11-2-1-5-17-7-11/h1-8H,9H2,(H,18,21). The van der Waals surface area contributed by atoms with E-state index in [1.165, 1.54) is 12.3 Å². The number of aromatic nitrogens is 3. The van der Waals surface area contributed by atoms with Gasteiger partial charge in [0.1, 0.15) is 6.54 Å². The minimum atomic E-state index is -4.42. The summed E-state index contributed by atoms with van der Waals surface area (Å²) in [5.74, 6) is -0.818. The van der Waals surface area contributed by atoms with Crippen LogP contribution in [0.5, 0.6) is 0 Å². The van der Waals surface area contributed by atoms with Crippen LogP contribution >= 0.6 is 0 Å². The van der Waals surface area contributed by atoms with E-state index in [4.69, 9.17) is 0 Å². The third-order valence-corrected chi connectivity index (χ3v) is 2.40. The summed E-state index contributed by atoms with van der Waals surface area (Å²) in [6.07, 6.45) is 4.33. The van der Waals surface area contributed by atoms with E-state index in [0.29, 0.717) is 5.56 Å². The van der Waals surface area contributed by atoms with E-state index in [2.05, 4.69) is 10.1 Å². The zero-order valence-electron chi connectivity index (χ0n) is 10.7. The fourth-order valence-electron chi connectivity index (χ4n) is 1.47. The summed E-state index contributed by atoms with van der Waals surface area (Å²) < 4.78 is 37.3. The highest BCUT2D eigenvalue weighted by Crippen LogP contribution is 2.12. The SMILES string of the molecule is O=C(C=Cc1cnn(-c2cccnc2)c1)NCC(F)(F)F. The minimum absolute atomic E-state index is 0.584. The quantitative estimate of drug-likeness (QED) is 0.877. The normalized spacial score (nSPS) is 11.8. The molecule has 2 aromatic heterocycles. The molecule has 2 rings (SSSR count). The van der Waals surface area contributed by atoms with Crippen molar-refractivity contribution in [3.8, 4) is 5.69 Å². The number of nitrogens with one attached hydrogen (secondary N) is 1. The van der Waals surface area contributed by atoms with Crippen LogP contribution in [-0.2, 0) is 4.79 Å². The predicted octanol–water partition coefficient (Wildman–Crippen LogP) is 1.96. The first-order chi connectivity index (χ1) is 9.94. The second kappa shape index (κ2) is 6.21. The summed E-state index contributed by atoms with van der Waals surface area (Å²) in [6, 6.07) is 3.54. The van der Waals surface area contributed by atoms with Gasteiger partial charge in [-0.15, -0.1) is 0 Å². The third kappa shape index (κ3) is 4.75. The number of hydrogen-bond acceptors (Lipinski definition) is 3. The van der Waals surface area contributed by atoms with E-state index in [1.54, 1.807) is 40.7 Å². The summed E-state index contributed by atoms with van der Waals surface area (Å²) in [4.78, 5) is 15.1. The van der Waals surface area contributed by atoms with Crippen molar-refractivity contribution in [3.63, 3.8) is 0 Å². The Balaban J connectivity index is 1.96. The van der Waals surface area contributed by atoms with Crippen molar-refractivity contribution in [2.24, 2.45) is 0 Å². The predicted molar refractivity (Wildman–Crippen MR) is 69.5 cm³/mol. The molecule has 0 unspecified atom stereocenters. The number of carbonyl (C=O) groups excluding carboxylic acids is 1. The van der Waals surface area contributed by atoms with Crippen LogP contribution in [0.1, 0.15) is 5.56 Å². The molecule has 0 aliphatic carbocycles. The maximum Gasteiger partial charge on any atom is 0.405 e. The van der Waals surface area contributed by atoms with Gasteiger partial charge in [-0.1, -0.05) is 0 Å². The molecule has 0 atom stereocenters. The Hall–Kier alpha value is -2.64. The molecule has 0 aliphatic rings. The van der Waals surface area contributed by atoms with Gasteiger partial charge in [0.25, 0.3) is 0 Å². The molecule has 8 heteroatoms. The van der Waals surface area contributed by atoms with Gasteiger partial charge >= 0.3 is 6.18 Å². The van der Waals surface area contributed by atoms with Crippen LogP contribution in [0.25, 0.3) is 11.8 Å². The van der Waals surface area contributed by atoms with E-state index in [0.717, 1.165) is 11.8 Å². The van der Waals surface area contributed by atoms with E-state index in [-0.39, 0.29) is 0 Å². The molecule has 0 aromatic carbocycles. The Morgan fingerprint density at radius 1 is 1.38 bits per heavy atom. The number of halogens is 3. The van der Waals surface area contributed by atoms with Crippen LogP contribution in [0.4, 0.5) is 13.2 Å². The van der Waals surface area contributed by atoms with E-state index < -0.39 is 18.6 Å². The summed E-state index contributed by atoms with van der Waals surface area (Å²) in [7, 11) is 0. The van der Waals surface area contributed by atoms with Gasteiger partial charge in [0.15, 0.2) is 0 Å². The highest BCUT2D eigenvalue weighted by molar-refractivity contribution is 5.91. The molecule has 21 heavy (non-hydrogen) atoms. The van der Waals surface area contributed by atoms with Gasteiger partial charge in [0.05, 0.1) is 18.1 Å². The highest BCUT2D eigenvalue weighted by atomic mass is 19.4. The van der Waals surface area contributed by atoms with Crippen LogP contribution in [0.2, 0.25) is 0 Å². The summed E-state index contributed by atoms with van der Waals surface area (Å²) >= 11 is 0. The molecule has 0 bridgehead atoms. The molecule has 1 amide bonds. The lowest BCUT2D eigenvalue weighted by Gasteiger charge is -2.05. The van der Waals surface area contributed by atoms with Crippen LogP contribution in [0.15, 0.2) is 43.0 Å². The van der Waals surface area contributed by atoms with Gasteiger partial charge < -0.3 is 5.32 Å². The molecule has 0 aliphatic heterocycles. The zero-order chi connectivity index (χ0) is 15.3. The van der Waals surface area contributed by atoms with Gasteiger partial charge in [-0.3, -0.25) is 9.78 Å². The maximum atomic E-state index is 11.9. The van der Waals surface area contributed by atoms with E-state index in [1.807, 2.05) is 0 Å². The number of carbonyl (C=O) groups is 1. The first kappa shape index (κ1) is 14.8. The minimum Gasteiger partial charge on any atom is -0.343 e. The average molecular weight is 296 g/mol. The molecule has 0 saturated carbocycles. The van der Waals surface area contributed by atoms with Crippen LogP contribution < -0.4 is 5.32 Å². The number of rotatable bonds is 4. The molecular formula is C13H11F3N4O. The highest BCUT2D eigenvalue weighted by Gasteiger charge is 2.27. The van der Waals surface area contributed by atoms with E-state index in [9.17, 15) is 18.0 Å². The first-order valence-corrected chi connectivity index (χ1v) is 5.92. The molecule has 2 heterocycles. The number of pyridine rings is 1. The smallest absolute Gasteiger partial charge is 0.343 e.